The number of carbonyl (C=O) groups excluding carboxylic acids is 2. The largest absolute Gasteiger partial charge is 0.340 e. The van der Waals surface area contributed by atoms with Crippen LogP contribution in [0.1, 0.15) is 28.2 Å². The fourth-order valence-electron chi connectivity index (χ4n) is 3.14. The molecule has 2 amide bonds. The van der Waals surface area contributed by atoms with Crippen LogP contribution in [-0.4, -0.2) is 39.6 Å². The summed E-state index contributed by atoms with van der Waals surface area (Å²) in [4.78, 5) is 25.3. The van der Waals surface area contributed by atoms with E-state index in [1.165, 1.54) is 0 Å². The second-order valence-electron chi connectivity index (χ2n) is 7.05. The van der Waals surface area contributed by atoms with Gasteiger partial charge in [-0.3, -0.25) is 9.59 Å². The van der Waals surface area contributed by atoms with Gasteiger partial charge in [-0.15, -0.1) is 0 Å². The van der Waals surface area contributed by atoms with E-state index in [-0.39, 0.29) is 11.8 Å². The van der Waals surface area contributed by atoms with E-state index in [2.05, 4.69) is 15.7 Å². The molecule has 0 saturated carbocycles. The van der Waals surface area contributed by atoms with Crippen molar-refractivity contribution in [2.24, 2.45) is 0 Å². The summed E-state index contributed by atoms with van der Waals surface area (Å²) in [5.74, 6) is 0.285. The van der Waals surface area contributed by atoms with Crippen LogP contribution < -0.4 is 10.6 Å². The maximum absolute atomic E-state index is 12.8. The maximum Gasteiger partial charge on any atom is 0.251 e. The Balaban J connectivity index is 1.68. The van der Waals surface area contributed by atoms with E-state index in [9.17, 15) is 9.59 Å². The summed E-state index contributed by atoms with van der Waals surface area (Å²) < 4.78 is 1.86. The first-order chi connectivity index (χ1) is 14.5. The van der Waals surface area contributed by atoms with Crippen molar-refractivity contribution in [2.45, 2.75) is 26.3 Å². The summed E-state index contributed by atoms with van der Waals surface area (Å²) in [6.07, 6.45) is 2.53. The Hall–Kier alpha value is -3.06. The van der Waals surface area contributed by atoms with Crippen LogP contribution in [0, 0.1) is 13.8 Å². The van der Waals surface area contributed by atoms with Gasteiger partial charge in [0.1, 0.15) is 6.04 Å². The fourth-order valence-corrected chi connectivity index (χ4v) is 3.61. The quantitative estimate of drug-likeness (QED) is 0.576. The molecule has 0 spiro atoms. The Morgan fingerprint density at radius 3 is 2.37 bits per heavy atom. The molecule has 0 aliphatic heterocycles. The molecule has 0 bridgehead atoms. The second kappa shape index (κ2) is 10.1. The number of amides is 2. The van der Waals surface area contributed by atoms with Gasteiger partial charge in [-0.05, 0) is 74.7 Å². The normalized spacial score (nSPS) is 11.7. The van der Waals surface area contributed by atoms with Crippen molar-refractivity contribution in [1.82, 2.24) is 15.1 Å². The third-order valence-electron chi connectivity index (χ3n) is 4.66. The molecule has 1 aromatic heterocycles. The highest BCUT2D eigenvalue weighted by molar-refractivity contribution is 7.98. The number of aromatic nitrogens is 2. The van der Waals surface area contributed by atoms with Gasteiger partial charge >= 0.3 is 0 Å². The highest BCUT2D eigenvalue weighted by atomic mass is 32.2. The first kappa shape index (κ1) is 21.6. The SMILES string of the molecule is CSCCC(NC(=O)c1ccccc1)C(=O)Nc1ccc(-n2nc(C)cc2C)cc1. The minimum atomic E-state index is -0.610. The van der Waals surface area contributed by atoms with E-state index in [0.717, 1.165) is 22.8 Å². The number of nitrogens with one attached hydrogen (secondary N) is 2. The summed E-state index contributed by atoms with van der Waals surface area (Å²) >= 11 is 1.64. The van der Waals surface area contributed by atoms with E-state index in [4.69, 9.17) is 0 Å². The zero-order valence-corrected chi connectivity index (χ0v) is 18.2. The average molecular weight is 423 g/mol. The zero-order valence-electron chi connectivity index (χ0n) is 17.4. The smallest absolute Gasteiger partial charge is 0.251 e. The molecule has 0 radical (unpaired) electrons. The number of hydrogen-bond acceptors (Lipinski definition) is 4. The van der Waals surface area contributed by atoms with Gasteiger partial charge in [-0.1, -0.05) is 18.2 Å². The number of anilines is 1. The molecule has 3 rings (SSSR count). The fraction of sp³-hybridized carbons (Fsp3) is 0.261. The number of thioether (sulfide) groups is 1. The molecular formula is C23H26N4O2S. The van der Waals surface area contributed by atoms with Crippen molar-refractivity contribution < 1.29 is 9.59 Å². The predicted octanol–water partition coefficient (Wildman–Crippen LogP) is 3.98. The number of nitrogens with zero attached hydrogens (tertiary/aromatic N) is 2. The molecule has 0 aliphatic carbocycles. The van der Waals surface area contributed by atoms with Crippen molar-refractivity contribution in [3.8, 4) is 5.69 Å². The van der Waals surface area contributed by atoms with Crippen LogP contribution >= 0.6 is 11.8 Å². The van der Waals surface area contributed by atoms with Gasteiger partial charge < -0.3 is 10.6 Å². The van der Waals surface area contributed by atoms with Crippen LogP contribution in [0.15, 0.2) is 60.7 Å². The van der Waals surface area contributed by atoms with Crippen molar-refractivity contribution in [1.29, 1.82) is 0 Å². The van der Waals surface area contributed by atoms with E-state index in [1.54, 1.807) is 36.0 Å². The second-order valence-corrected chi connectivity index (χ2v) is 8.03. The summed E-state index contributed by atoms with van der Waals surface area (Å²) in [6, 6.07) is 17.8. The molecule has 0 aliphatic rings. The Labute approximate surface area is 181 Å². The molecular weight excluding hydrogens is 396 g/mol. The van der Waals surface area contributed by atoms with E-state index < -0.39 is 6.04 Å². The van der Waals surface area contributed by atoms with Crippen LogP contribution in [0.2, 0.25) is 0 Å². The van der Waals surface area contributed by atoms with Crippen LogP contribution in [0.4, 0.5) is 5.69 Å². The number of hydrogen-bond donors (Lipinski definition) is 2. The monoisotopic (exact) mass is 422 g/mol. The van der Waals surface area contributed by atoms with Crippen molar-refractivity contribution >= 4 is 29.3 Å². The first-order valence-corrected chi connectivity index (χ1v) is 11.2. The topological polar surface area (TPSA) is 76.0 Å². The molecule has 7 heteroatoms. The lowest BCUT2D eigenvalue weighted by Gasteiger charge is -2.18. The summed E-state index contributed by atoms with van der Waals surface area (Å²) in [5, 5.41) is 10.2. The highest BCUT2D eigenvalue weighted by Crippen LogP contribution is 2.16. The van der Waals surface area contributed by atoms with Crippen molar-refractivity contribution in [2.75, 3.05) is 17.3 Å². The Bertz CT molecular complexity index is 1000. The Kier molecular flexibility index (Phi) is 7.30. The van der Waals surface area contributed by atoms with E-state index in [1.807, 2.05) is 61.2 Å². The third-order valence-corrected chi connectivity index (χ3v) is 5.30. The molecule has 0 saturated heterocycles. The molecule has 6 nitrogen and oxygen atoms in total. The Morgan fingerprint density at radius 1 is 1.07 bits per heavy atom. The standard InChI is InChI=1S/C23H26N4O2S/c1-16-15-17(2)27(26-16)20-11-9-19(10-12-20)24-23(29)21(13-14-30-3)25-22(28)18-7-5-4-6-8-18/h4-12,15,21H,13-14H2,1-3H3,(H,24,29)(H,25,28). The predicted molar refractivity (Wildman–Crippen MR) is 122 cm³/mol. The zero-order chi connectivity index (χ0) is 21.5. The third kappa shape index (κ3) is 5.51. The summed E-state index contributed by atoms with van der Waals surface area (Å²) in [7, 11) is 0. The molecule has 3 aromatic rings. The van der Waals surface area contributed by atoms with Gasteiger partial charge in [0.25, 0.3) is 5.91 Å². The molecule has 156 valence electrons. The van der Waals surface area contributed by atoms with Gasteiger partial charge in [0.05, 0.1) is 11.4 Å². The molecule has 2 N–H and O–H groups in total. The highest BCUT2D eigenvalue weighted by Gasteiger charge is 2.21. The van der Waals surface area contributed by atoms with Gasteiger partial charge in [0.2, 0.25) is 5.91 Å². The van der Waals surface area contributed by atoms with E-state index in [0.29, 0.717) is 17.7 Å². The molecule has 30 heavy (non-hydrogen) atoms. The maximum atomic E-state index is 12.8. The first-order valence-electron chi connectivity index (χ1n) is 9.77. The van der Waals surface area contributed by atoms with Gasteiger partial charge in [0.15, 0.2) is 0 Å². The number of rotatable bonds is 8. The number of benzene rings is 2. The molecule has 0 fully saturated rings. The Morgan fingerprint density at radius 2 is 1.77 bits per heavy atom. The lowest BCUT2D eigenvalue weighted by molar-refractivity contribution is -0.118. The molecule has 2 aromatic carbocycles. The summed E-state index contributed by atoms with van der Waals surface area (Å²) in [5.41, 5.74) is 4.14. The number of aryl methyl sites for hydroxylation is 2. The molecule has 1 unspecified atom stereocenters. The summed E-state index contributed by atoms with van der Waals surface area (Å²) in [6.45, 7) is 3.96. The van der Waals surface area contributed by atoms with Crippen molar-refractivity contribution in [3.63, 3.8) is 0 Å². The lowest BCUT2D eigenvalue weighted by atomic mass is 10.1. The van der Waals surface area contributed by atoms with Gasteiger partial charge in [-0.25, -0.2) is 4.68 Å². The van der Waals surface area contributed by atoms with Gasteiger partial charge in [-0.2, -0.15) is 16.9 Å². The van der Waals surface area contributed by atoms with Crippen molar-refractivity contribution in [3.05, 3.63) is 77.6 Å². The van der Waals surface area contributed by atoms with Crippen LogP contribution in [0.3, 0.4) is 0 Å². The van der Waals surface area contributed by atoms with Crippen LogP contribution in [0.25, 0.3) is 5.69 Å². The van der Waals surface area contributed by atoms with Crippen LogP contribution in [-0.2, 0) is 4.79 Å². The minimum Gasteiger partial charge on any atom is -0.340 e. The van der Waals surface area contributed by atoms with E-state index >= 15 is 0 Å². The molecule has 1 atom stereocenters. The number of carbonyl (C=O) groups is 2. The minimum absolute atomic E-state index is 0.229. The molecule has 1 heterocycles. The van der Waals surface area contributed by atoms with Crippen LogP contribution in [0.5, 0.6) is 0 Å². The average Bonchev–Trinajstić information content (AvgIpc) is 3.10. The van der Waals surface area contributed by atoms with Gasteiger partial charge in [0, 0.05) is 16.9 Å². The lowest BCUT2D eigenvalue weighted by Crippen LogP contribution is -2.44.